The topological polar surface area (TPSA) is 174 Å². The molecule has 0 amide bonds. The number of nitrogens with zero attached hydrogens (tertiary/aromatic N) is 16. The van der Waals surface area contributed by atoms with Crippen molar-refractivity contribution in [1.82, 2.24) is 78.1 Å². The van der Waals surface area contributed by atoms with Gasteiger partial charge in [0.15, 0.2) is 46.6 Å². The Morgan fingerprint density at radius 1 is 0.132 bits per heavy atom. The highest BCUT2D eigenvalue weighted by molar-refractivity contribution is 6.25. The summed E-state index contributed by atoms with van der Waals surface area (Å²) < 4.78 is 8.78. The van der Waals surface area contributed by atoms with Crippen LogP contribution in [0.2, 0.25) is 0 Å². The Labute approximate surface area is 604 Å². The smallest absolute Gasteiger partial charge is 0.238 e. The maximum absolute atomic E-state index is 5.54. The van der Waals surface area contributed by atoms with E-state index in [-0.39, 0.29) is 0 Å². The van der Waals surface area contributed by atoms with Crippen LogP contribution in [-0.2, 0) is 0 Å². The quantitative estimate of drug-likeness (QED) is 0.113. The first-order valence-corrected chi connectivity index (χ1v) is 35.0. The van der Waals surface area contributed by atoms with Crippen LogP contribution in [0, 0.1) is 0 Å². The average Bonchev–Trinajstić information content (AvgIpc) is 1.54. The molecule has 0 aliphatic carbocycles. The van der Waals surface area contributed by atoms with Gasteiger partial charge in [0.2, 0.25) is 23.8 Å². The van der Waals surface area contributed by atoms with E-state index in [0.717, 1.165) is 132 Å². The fraction of sp³-hybridized carbons (Fsp3) is 0. The monoisotopic (exact) mass is 1360 g/mol. The van der Waals surface area contributed by atoms with E-state index >= 15 is 0 Å². The molecule has 0 aliphatic rings. The summed E-state index contributed by atoms with van der Waals surface area (Å²) >= 11 is 0. The minimum atomic E-state index is 0.426. The summed E-state index contributed by atoms with van der Waals surface area (Å²) in [5.41, 5.74) is 13.8. The van der Waals surface area contributed by atoms with Crippen LogP contribution in [0.1, 0.15) is 0 Å². The standard InChI is InChI=1S/C90H54N16/c1-9-29-55(30-10-1)79-91-80(56-31-11-2-12-32-56)96-87(95-79)103-71-47-27-25-45-63(71)65-49-75-67(51-73(65)103)69-53-78-70(54-77(69)105(75)89-99-83(59-37-17-5-18-38-59)93-84(100-89)60-39-19-6-20-40-60)68-52-74-66(50-76(68)106(78)90-101-85(61-41-21-7-22-42-61)94-86(102-90)62-43-23-8-24-44-62)64-46-26-28-48-72(64)104(74)88-97-81(57-33-13-3-14-34-57)92-82(98-88)58-35-15-4-16-36-58/h1-54H. The van der Waals surface area contributed by atoms with E-state index in [2.05, 4.69) is 103 Å². The molecule has 21 rings (SSSR count). The van der Waals surface area contributed by atoms with Gasteiger partial charge in [0.25, 0.3) is 0 Å². The number of para-hydroxylation sites is 2. The predicted molar refractivity (Wildman–Crippen MR) is 421 cm³/mol. The average molecular weight is 1360 g/mol. The first kappa shape index (κ1) is 59.9. The van der Waals surface area contributed by atoms with Crippen LogP contribution in [0.3, 0.4) is 0 Å². The van der Waals surface area contributed by atoms with Gasteiger partial charge in [0.1, 0.15) is 0 Å². The van der Waals surface area contributed by atoms with E-state index in [4.69, 9.17) is 59.8 Å². The van der Waals surface area contributed by atoms with Crippen molar-refractivity contribution in [2.75, 3.05) is 0 Å². The summed E-state index contributed by atoms with van der Waals surface area (Å²) in [7, 11) is 0. The van der Waals surface area contributed by atoms with Gasteiger partial charge in [0, 0.05) is 87.6 Å². The molecular formula is C90H54N16. The SMILES string of the molecule is c1ccc(-c2nc(-c3ccccc3)nc(-n3c4ccccc4c4cc5c(cc43)c3cc4c(cc3n5-c3nc(-c5ccccc5)nc(-c5ccccc5)n3)c3cc5c(cc3n4-c3nc(-c4ccccc4)nc(-c4ccccc4)n3)c3ccccc3n5-c3nc(-c4ccccc4)nc(-c4ccccc4)n3)n2)cc1. The van der Waals surface area contributed by atoms with Crippen molar-refractivity contribution in [2.24, 2.45) is 0 Å². The molecule has 0 spiro atoms. The van der Waals surface area contributed by atoms with Crippen LogP contribution in [0.5, 0.6) is 0 Å². The Morgan fingerprint density at radius 3 is 0.472 bits per heavy atom. The highest BCUT2D eigenvalue weighted by atomic mass is 15.2. The highest BCUT2D eigenvalue weighted by Crippen LogP contribution is 2.46. The van der Waals surface area contributed by atoms with Crippen molar-refractivity contribution >= 4 is 87.2 Å². The summed E-state index contributed by atoms with van der Waals surface area (Å²) in [6, 6.07) is 111. The normalized spacial score (nSPS) is 11.8. The van der Waals surface area contributed by atoms with Crippen molar-refractivity contribution in [2.45, 2.75) is 0 Å². The molecule has 16 heteroatoms. The fourth-order valence-corrected chi connectivity index (χ4v) is 14.9. The Kier molecular flexibility index (Phi) is 13.8. The first-order valence-electron chi connectivity index (χ1n) is 35.0. The lowest BCUT2D eigenvalue weighted by Gasteiger charge is -2.12. The van der Waals surface area contributed by atoms with Gasteiger partial charge in [0.05, 0.1) is 44.1 Å². The van der Waals surface area contributed by atoms with E-state index in [1.54, 1.807) is 0 Å². The fourth-order valence-electron chi connectivity index (χ4n) is 14.9. The second-order valence-corrected chi connectivity index (χ2v) is 26.1. The van der Waals surface area contributed by atoms with E-state index in [9.17, 15) is 0 Å². The van der Waals surface area contributed by atoms with Crippen molar-refractivity contribution in [3.63, 3.8) is 0 Å². The Hall–Kier alpha value is -14.9. The van der Waals surface area contributed by atoms with Gasteiger partial charge in [-0.1, -0.05) is 279 Å². The summed E-state index contributed by atoms with van der Waals surface area (Å²) in [4.78, 5) is 64.5. The lowest BCUT2D eigenvalue weighted by molar-refractivity contribution is 0.950. The largest absolute Gasteiger partial charge is 0.278 e. The zero-order valence-corrected chi connectivity index (χ0v) is 56.3. The number of hydrogen-bond acceptors (Lipinski definition) is 12. The molecule has 8 heterocycles. The molecule has 0 saturated heterocycles. The number of aromatic nitrogens is 16. The highest BCUT2D eigenvalue weighted by Gasteiger charge is 2.28. The van der Waals surface area contributed by atoms with Gasteiger partial charge in [-0.2, -0.15) is 39.9 Å². The minimum absolute atomic E-state index is 0.426. The van der Waals surface area contributed by atoms with Crippen LogP contribution < -0.4 is 0 Å². The first-order chi connectivity index (χ1) is 52.5. The Morgan fingerprint density at radius 2 is 0.283 bits per heavy atom. The third kappa shape index (κ3) is 9.99. The Bertz CT molecular complexity index is 6380. The lowest BCUT2D eigenvalue weighted by atomic mass is 10.1. The van der Waals surface area contributed by atoms with Gasteiger partial charge in [-0.25, -0.2) is 19.9 Å². The third-order valence-electron chi connectivity index (χ3n) is 19.8. The molecule has 0 N–H and O–H groups in total. The van der Waals surface area contributed by atoms with Crippen molar-refractivity contribution < 1.29 is 0 Å². The van der Waals surface area contributed by atoms with Crippen molar-refractivity contribution in [1.29, 1.82) is 0 Å². The van der Waals surface area contributed by atoms with Crippen LogP contribution in [-0.4, -0.2) is 78.1 Å². The van der Waals surface area contributed by atoms with Gasteiger partial charge < -0.3 is 0 Å². The second-order valence-electron chi connectivity index (χ2n) is 26.1. The molecule has 0 unspecified atom stereocenters. The molecule has 21 aromatic rings. The summed E-state index contributed by atoms with van der Waals surface area (Å²) in [6.07, 6.45) is 0. The maximum Gasteiger partial charge on any atom is 0.238 e. The summed E-state index contributed by atoms with van der Waals surface area (Å²) in [5, 5.41) is 7.51. The van der Waals surface area contributed by atoms with E-state index in [1.165, 1.54) is 0 Å². The molecule has 16 nitrogen and oxygen atoms in total. The number of hydrogen-bond donors (Lipinski definition) is 0. The summed E-state index contributed by atoms with van der Waals surface area (Å²) in [6.45, 7) is 0. The lowest BCUT2D eigenvalue weighted by Crippen LogP contribution is -2.07. The molecule has 13 aromatic carbocycles. The van der Waals surface area contributed by atoms with Crippen LogP contribution >= 0.6 is 0 Å². The maximum atomic E-state index is 5.54. The number of rotatable bonds is 12. The molecule has 0 atom stereocenters. The summed E-state index contributed by atoms with van der Waals surface area (Å²) in [5.74, 6) is 6.05. The molecule has 0 saturated carbocycles. The van der Waals surface area contributed by atoms with Crippen molar-refractivity contribution in [3.8, 4) is 115 Å². The van der Waals surface area contributed by atoms with Crippen LogP contribution in [0.4, 0.5) is 0 Å². The van der Waals surface area contributed by atoms with Gasteiger partial charge in [-0.15, -0.1) is 0 Å². The van der Waals surface area contributed by atoms with Crippen LogP contribution in [0.25, 0.3) is 202 Å². The molecule has 494 valence electrons. The molecule has 0 radical (unpaired) electrons. The molecule has 106 heavy (non-hydrogen) atoms. The zero-order valence-electron chi connectivity index (χ0n) is 56.3. The molecule has 8 aromatic heterocycles. The molecule has 0 bridgehead atoms. The predicted octanol–water partition coefficient (Wildman–Crippen LogP) is 20.2. The van der Waals surface area contributed by atoms with E-state index < -0.39 is 0 Å². The van der Waals surface area contributed by atoms with E-state index in [0.29, 0.717) is 70.4 Å². The van der Waals surface area contributed by atoms with Gasteiger partial charge in [-0.05, 0) is 48.5 Å². The van der Waals surface area contributed by atoms with Gasteiger partial charge >= 0.3 is 0 Å². The third-order valence-corrected chi connectivity index (χ3v) is 19.8. The molecular weight excluding hydrogens is 1310 g/mol. The molecule has 0 fully saturated rings. The van der Waals surface area contributed by atoms with Gasteiger partial charge in [-0.3, -0.25) is 18.3 Å². The number of benzene rings is 13. The van der Waals surface area contributed by atoms with Crippen LogP contribution in [0.15, 0.2) is 328 Å². The molecule has 0 aliphatic heterocycles. The van der Waals surface area contributed by atoms with E-state index in [1.807, 2.05) is 243 Å². The van der Waals surface area contributed by atoms with Crippen molar-refractivity contribution in [3.05, 3.63) is 328 Å². The Balaban J connectivity index is 0.920. The number of fused-ring (bicyclic) bond motifs is 12. The zero-order chi connectivity index (χ0) is 69.8. The second kappa shape index (κ2) is 24.4. The minimum Gasteiger partial charge on any atom is -0.278 e.